The molecule has 0 atom stereocenters. The maximum atomic E-state index is 2.30. The molecule has 2 aromatic rings. The minimum atomic E-state index is 0. The van der Waals surface area contributed by atoms with Crippen LogP contribution in [0.3, 0.4) is 0 Å². The molecule has 0 aliphatic heterocycles. The van der Waals surface area contributed by atoms with Crippen molar-refractivity contribution in [3.05, 3.63) is 29.3 Å². The maximum Gasteiger partial charge on any atom is 0.240 e. The number of aryl methyl sites for hydroxylation is 1. The molecule has 0 saturated carbocycles. The average Bonchev–Trinajstić information content (AvgIpc) is 2.45. The molecule has 1 aromatic carbocycles. The van der Waals surface area contributed by atoms with Crippen LogP contribution in [0.4, 0.5) is 0 Å². The second-order valence-corrected chi connectivity index (χ2v) is 4.68. The number of hydrogen-bond acceptors (Lipinski definition) is 1. The van der Waals surface area contributed by atoms with E-state index in [1.807, 2.05) is 11.3 Å². The molecule has 0 unspecified atom stereocenters. The van der Waals surface area contributed by atoms with Crippen LogP contribution in [0.15, 0.2) is 24.3 Å². The van der Waals surface area contributed by atoms with Gasteiger partial charge in [0.15, 0.2) is 0 Å². The van der Waals surface area contributed by atoms with E-state index in [0.29, 0.717) is 5.92 Å². The summed E-state index contributed by atoms with van der Waals surface area (Å²) in [6, 6.07) is 8.56. The second kappa shape index (κ2) is 4.57. The molecule has 2 rings (SSSR count). The van der Waals surface area contributed by atoms with Crippen molar-refractivity contribution in [3.63, 3.8) is 0 Å². The SMILES string of the molecule is CC(C)c1sc2ccccc2[n+]1C.[I-]. The van der Waals surface area contributed by atoms with Gasteiger partial charge in [0, 0.05) is 12.0 Å². The number of nitrogens with zero attached hydrogens (tertiary/aromatic N) is 1. The predicted molar refractivity (Wildman–Crippen MR) is 57.1 cm³/mol. The summed E-state index contributed by atoms with van der Waals surface area (Å²) in [5, 5.41) is 1.45. The molecule has 1 nitrogen and oxygen atoms in total. The lowest BCUT2D eigenvalue weighted by atomic mass is 10.2. The van der Waals surface area contributed by atoms with Gasteiger partial charge < -0.3 is 24.0 Å². The van der Waals surface area contributed by atoms with E-state index < -0.39 is 0 Å². The Morgan fingerprint density at radius 1 is 1.21 bits per heavy atom. The predicted octanol–water partition coefficient (Wildman–Crippen LogP) is -0.147. The fraction of sp³-hybridized carbons (Fsp3) is 0.364. The summed E-state index contributed by atoms with van der Waals surface area (Å²) in [6.45, 7) is 4.48. The van der Waals surface area contributed by atoms with Crippen molar-refractivity contribution >= 4 is 21.6 Å². The molecule has 0 amide bonds. The van der Waals surface area contributed by atoms with E-state index in [9.17, 15) is 0 Å². The van der Waals surface area contributed by atoms with Gasteiger partial charge in [-0.15, -0.1) is 0 Å². The largest absolute Gasteiger partial charge is 1.00 e. The van der Waals surface area contributed by atoms with E-state index in [1.165, 1.54) is 15.2 Å². The third-order valence-electron chi connectivity index (χ3n) is 2.27. The first-order valence-electron chi connectivity index (χ1n) is 4.57. The molecule has 14 heavy (non-hydrogen) atoms. The van der Waals surface area contributed by atoms with Crippen LogP contribution in [-0.2, 0) is 7.05 Å². The van der Waals surface area contributed by atoms with Crippen LogP contribution < -0.4 is 28.5 Å². The number of aromatic nitrogens is 1. The number of para-hydroxylation sites is 1. The van der Waals surface area contributed by atoms with Gasteiger partial charge in [0.05, 0.1) is 0 Å². The lowest BCUT2D eigenvalue weighted by Crippen LogP contribution is -3.00. The van der Waals surface area contributed by atoms with E-state index in [2.05, 4.69) is 49.7 Å². The van der Waals surface area contributed by atoms with E-state index >= 15 is 0 Å². The van der Waals surface area contributed by atoms with Gasteiger partial charge in [-0.1, -0.05) is 37.3 Å². The van der Waals surface area contributed by atoms with E-state index in [4.69, 9.17) is 0 Å². The van der Waals surface area contributed by atoms with E-state index in [-0.39, 0.29) is 24.0 Å². The maximum absolute atomic E-state index is 2.30. The van der Waals surface area contributed by atoms with Gasteiger partial charge in [-0.3, -0.25) is 0 Å². The number of fused-ring (bicyclic) bond motifs is 1. The van der Waals surface area contributed by atoms with Crippen LogP contribution in [0.2, 0.25) is 0 Å². The highest BCUT2D eigenvalue weighted by molar-refractivity contribution is 7.18. The first-order chi connectivity index (χ1) is 6.20. The molecule has 0 bridgehead atoms. The highest BCUT2D eigenvalue weighted by Gasteiger charge is 2.18. The first-order valence-corrected chi connectivity index (χ1v) is 5.39. The topological polar surface area (TPSA) is 3.88 Å². The minimum absolute atomic E-state index is 0. The molecule has 0 fully saturated rings. The zero-order valence-electron chi connectivity index (χ0n) is 8.62. The molecule has 1 aromatic heterocycles. The smallest absolute Gasteiger partial charge is 0.240 e. The van der Waals surface area contributed by atoms with Gasteiger partial charge in [-0.2, -0.15) is 4.57 Å². The number of benzene rings is 1. The molecule has 3 heteroatoms. The monoisotopic (exact) mass is 319 g/mol. The van der Waals surface area contributed by atoms with Crippen molar-refractivity contribution < 1.29 is 28.5 Å². The molecule has 0 spiro atoms. The molecule has 1 heterocycles. The lowest BCUT2D eigenvalue weighted by Gasteiger charge is -1.94. The zero-order chi connectivity index (χ0) is 9.42. The van der Waals surface area contributed by atoms with E-state index in [1.54, 1.807) is 0 Å². The fourth-order valence-electron chi connectivity index (χ4n) is 1.63. The normalized spacial score (nSPS) is 10.6. The standard InChI is InChI=1S/C11H14NS.HI/c1-8(2)11-12(3)9-6-4-5-7-10(9)13-11;/h4-8H,1-3H3;1H/q+1;/p-1. The van der Waals surface area contributed by atoms with Crippen molar-refractivity contribution in [2.75, 3.05) is 0 Å². The Kier molecular flexibility index (Phi) is 3.89. The van der Waals surface area contributed by atoms with Crippen molar-refractivity contribution in [1.82, 2.24) is 0 Å². The third-order valence-corrected chi connectivity index (χ3v) is 3.79. The number of rotatable bonds is 1. The molecule has 0 aliphatic carbocycles. The summed E-state index contributed by atoms with van der Waals surface area (Å²) >= 11 is 1.89. The number of thiazole rings is 1. The number of hydrogen-bond donors (Lipinski definition) is 0. The molecule has 0 saturated heterocycles. The van der Waals surface area contributed by atoms with Crippen LogP contribution >= 0.6 is 11.3 Å². The quantitative estimate of drug-likeness (QED) is 0.509. The van der Waals surface area contributed by atoms with Gasteiger partial charge in [0.2, 0.25) is 10.5 Å². The van der Waals surface area contributed by atoms with Crippen molar-refractivity contribution in [2.45, 2.75) is 19.8 Å². The highest BCUT2D eigenvalue weighted by Crippen LogP contribution is 2.24. The zero-order valence-corrected chi connectivity index (χ0v) is 11.6. The Morgan fingerprint density at radius 3 is 2.43 bits per heavy atom. The highest BCUT2D eigenvalue weighted by atomic mass is 127. The van der Waals surface area contributed by atoms with Crippen LogP contribution in [0.5, 0.6) is 0 Å². The van der Waals surface area contributed by atoms with Gasteiger partial charge >= 0.3 is 0 Å². The van der Waals surface area contributed by atoms with Gasteiger partial charge in [0.25, 0.3) is 0 Å². The third kappa shape index (κ3) is 1.93. The van der Waals surface area contributed by atoms with Crippen molar-refractivity contribution in [3.8, 4) is 0 Å². The van der Waals surface area contributed by atoms with Crippen LogP contribution in [0, 0.1) is 0 Å². The summed E-state index contributed by atoms with van der Waals surface area (Å²) in [5.41, 5.74) is 1.34. The summed E-state index contributed by atoms with van der Waals surface area (Å²) in [4.78, 5) is 0. The van der Waals surface area contributed by atoms with Gasteiger partial charge in [0.1, 0.15) is 11.7 Å². The first kappa shape index (κ1) is 11.9. The molecule has 0 N–H and O–H groups in total. The molecular weight excluding hydrogens is 305 g/mol. The summed E-state index contributed by atoms with van der Waals surface area (Å²) in [6.07, 6.45) is 0. The summed E-state index contributed by atoms with van der Waals surface area (Å²) in [7, 11) is 2.15. The van der Waals surface area contributed by atoms with Crippen LogP contribution in [0.1, 0.15) is 24.8 Å². The lowest BCUT2D eigenvalue weighted by molar-refractivity contribution is -0.649. The Morgan fingerprint density at radius 2 is 1.86 bits per heavy atom. The molecular formula is C11H14INS. The van der Waals surface area contributed by atoms with Gasteiger partial charge in [-0.05, 0) is 6.07 Å². The van der Waals surface area contributed by atoms with Gasteiger partial charge in [-0.25, -0.2) is 0 Å². The Bertz CT molecular complexity index is 434. The van der Waals surface area contributed by atoms with Crippen molar-refractivity contribution in [2.24, 2.45) is 7.05 Å². The summed E-state index contributed by atoms with van der Waals surface area (Å²) in [5.74, 6) is 0.613. The van der Waals surface area contributed by atoms with Crippen molar-refractivity contribution in [1.29, 1.82) is 0 Å². The fourth-order valence-corrected chi connectivity index (χ4v) is 2.78. The number of halogens is 1. The average molecular weight is 319 g/mol. The van der Waals surface area contributed by atoms with E-state index in [0.717, 1.165) is 0 Å². The van der Waals surface area contributed by atoms with Crippen LogP contribution in [0.25, 0.3) is 10.2 Å². The molecule has 0 radical (unpaired) electrons. The Balaban J connectivity index is 0.000000980. The Hall–Kier alpha value is -0.160. The second-order valence-electron chi connectivity index (χ2n) is 3.62. The molecule has 0 aliphatic rings. The minimum Gasteiger partial charge on any atom is -1.00 e. The van der Waals surface area contributed by atoms with Crippen LogP contribution in [-0.4, -0.2) is 0 Å². The molecule has 76 valence electrons. The summed E-state index contributed by atoms with van der Waals surface area (Å²) < 4.78 is 3.68. The Labute approximate surface area is 106 Å².